The average Bonchev–Trinajstić information content (AvgIpc) is 3.90. The van der Waals surface area contributed by atoms with Gasteiger partial charge in [-0.05, 0) is 69.1 Å². The van der Waals surface area contributed by atoms with Crippen molar-refractivity contribution in [1.82, 2.24) is 19.1 Å². The van der Waals surface area contributed by atoms with Gasteiger partial charge < -0.3 is 4.57 Å². The zero-order valence-electron chi connectivity index (χ0n) is 33.6. The highest BCUT2D eigenvalue weighted by atomic mass is 15.1. The summed E-state index contributed by atoms with van der Waals surface area (Å²) in [6.07, 6.45) is 0. The van der Waals surface area contributed by atoms with Crippen LogP contribution in [0.4, 0.5) is 0 Å². The number of fused-ring (bicyclic) bond motifs is 11. The van der Waals surface area contributed by atoms with Gasteiger partial charge in [0.05, 0.1) is 39.0 Å². The molecule has 0 atom stereocenters. The molecule has 0 bridgehead atoms. The van der Waals surface area contributed by atoms with Gasteiger partial charge in [-0.25, -0.2) is 9.97 Å². The minimum atomic E-state index is 0.916. The molecular formula is C58H36N4. The van der Waals surface area contributed by atoms with Crippen LogP contribution in [0.2, 0.25) is 0 Å². The van der Waals surface area contributed by atoms with E-state index in [1.807, 2.05) is 0 Å². The Balaban J connectivity index is 1.000. The van der Waals surface area contributed by atoms with Gasteiger partial charge in [0.1, 0.15) is 5.82 Å². The van der Waals surface area contributed by atoms with Crippen molar-refractivity contribution in [2.75, 3.05) is 0 Å². The maximum atomic E-state index is 5.55. The first-order chi connectivity index (χ1) is 30.8. The Morgan fingerprint density at radius 1 is 0.323 bits per heavy atom. The predicted molar refractivity (Wildman–Crippen MR) is 260 cm³/mol. The second-order valence-corrected chi connectivity index (χ2v) is 16.1. The standard InChI is InChI=1S/C58H36N4/c1-3-15-38(16-4-1)55-48-24-12-10-22-45(48)49-33-34-50-47-32-31-40(35-53(47)61(57(50)56(49)60-55)42-18-5-2-6-19-42)37-27-29-39(30-28-37)58-59-51-25-13-14-26-52(51)62(58)54-36-41-17-7-8-20-43(41)44-21-9-11-23-46(44)54/h1-36H. The first-order valence-electron chi connectivity index (χ1n) is 21.2. The lowest BCUT2D eigenvalue weighted by Gasteiger charge is -2.15. The minimum Gasteiger partial charge on any atom is -0.307 e. The monoisotopic (exact) mass is 788 g/mol. The summed E-state index contributed by atoms with van der Waals surface area (Å²) in [4.78, 5) is 10.8. The summed E-state index contributed by atoms with van der Waals surface area (Å²) < 4.78 is 4.76. The molecule has 4 heteroatoms. The molecule has 288 valence electrons. The van der Waals surface area contributed by atoms with Crippen LogP contribution in [-0.2, 0) is 0 Å². The van der Waals surface area contributed by atoms with Crippen molar-refractivity contribution in [3.05, 3.63) is 218 Å². The Kier molecular flexibility index (Phi) is 7.57. The number of hydrogen-bond acceptors (Lipinski definition) is 2. The third-order valence-corrected chi connectivity index (χ3v) is 12.7. The first-order valence-corrected chi connectivity index (χ1v) is 21.2. The summed E-state index contributed by atoms with van der Waals surface area (Å²) in [5, 5.41) is 10.8. The van der Waals surface area contributed by atoms with Crippen molar-refractivity contribution < 1.29 is 0 Å². The van der Waals surface area contributed by atoms with Gasteiger partial charge >= 0.3 is 0 Å². The van der Waals surface area contributed by atoms with E-state index in [1.54, 1.807) is 0 Å². The van der Waals surface area contributed by atoms with E-state index in [4.69, 9.17) is 9.97 Å². The lowest BCUT2D eigenvalue weighted by atomic mass is 9.98. The van der Waals surface area contributed by atoms with Crippen LogP contribution in [0.3, 0.4) is 0 Å². The Hall–Kier alpha value is -8.34. The predicted octanol–water partition coefficient (Wildman–Crippen LogP) is 15.1. The molecule has 0 saturated heterocycles. The SMILES string of the molecule is c1ccc(-c2nc3c(ccc4c5ccc(-c6ccc(-c7nc8ccccc8n7-c7cc8ccccc8c8ccccc78)cc6)cc5n(-c5ccccc5)c43)c3ccccc23)cc1. The zero-order valence-corrected chi connectivity index (χ0v) is 33.6. The molecule has 4 nitrogen and oxygen atoms in total. The van der Waals surface area contributed by atoms with E-state index < -0.39 is 0 Å². The van der Waals surface area contributed by atoms with Crippen LogP contribution in [-0.4, -0.2) is 19.1 Å². The number of rotatable bonds is 5. The second kappa shape index (κ2) is 13.6. The molecule has 13 aromatic rings. The van der Waals surface area contributed by atoms with Crippen molar-refractivity contribution in [2.24, 2.45) is 0 Å². The van der Waals surface area contributed by atoms with Gasteiger partial charge in [-0.2, -0.15) is 0 Å². The van der Waals surface area contributed by atoms with Gasteiger partial charge in [0, 0.05) is 43.7 Å². The summed E-state index contributed by atoms with van der Waals surface area (Å²) in [6, 6.07) is 78.4. The van der Waals surface area contributed by atoms with Gasteiger partial charge in [0.25, 0.3) is 0 Å². The number of benzene rings is 10. The molecule has 10 aromatic carbocycles. The Bertz CT molecular complexity index is 3900. The third-order valence-electron chi connectivity index (χ3n) is 12.7. The summed E-state index contributed by atoms with van der Waals surface area (Å²) in [7, 11) is 0. The number of aromatic nitrogens is 4. The average molecular weight is 789 g/mol. The van der Waals surface area contributed by atoms with Crippen molar-refractivity contribution in [3.63, 3.8) is 0 Å². The molecule has 3 aromatic heterocycles. The van der Waals surface area contributed by atoms with Crippen molar-refractivity contribution in [3.8, 4) is 45.1 Å². The number of hydrogen-bond donors (Lipinski definition) is 0. The first kappa shape index (κ1) is 34.5. The Morgan fingerprint density at radius 2 is 0.919 bits per heavy atom. The van der Waals surface area contributed by atoms with Gasteiger partial charge in [-0.1, -0.05) is 182 Å². The molecule has 62 heavy (non-hydrogen) atoms. The van der Waals surface area contributed by atoms with Crippen LogP contribution in [0.25, 0.3) is 121 Å². The quantitative estimate of drug-likeness (QED) is 0.163. The number of pyridine rings is 1. The summed E-state index contributed by atoms with van der Waals surface area (Å²) in [5.74, 6) is 0.916. The molecule has 13 rings (SSSR count). The van der Waals surface area contributed by atoms with Crippen LogP contribution in [0.1, 0.15) is 0 Å². The highest BCUT2D eigenvalue weighted by Gasteiger charge is 2.21. The van der Waals surface area contributed by atoms with Crippen LogP contribution < -0.4 is 0 Å². The van der Waals surface area contributed by atoms with E-state index in [0.717, 1.165) is 83.5 Å². The lowest BCUT2D eigenvalue weighted by molar-refractivity contribution is 1.12. The Morgan fingerprint density at radius 3 is 1.73 bits per heavy atom. The van der Waals surface area contributed by atoms with E-state index in [9.17, 15) is 0 Å². The fourth-order valence-electron chi connectivity index (χ4n) is 9.85. The normalized spacial score (nSPS) is 11.9. The second-order valence-electron chi connectivity index (χ2n) is 16.1. The third kappa shape index (κ3) is 5.20. The summed E-state index contributed by atoms with van der Waals surface area (Å²) >= 11 is 0. The van der Waals surface area contributed by atoms with Crippen LogP contribution >= 0.6 is 0 Å². The smallest absolute Gasteiger partial charge is 0.145 e. The zero-order chi connectivity index (χ0) is 40.7. The topological polar surface area (TPSA) is 35.6 Å². The molecule has 0 spiro atoms. The highest BCUT2D eigenvalue weighted by molar-refractivity contribution is 6.23. The highest BCUT2D eigenvalue weighted by Crippen LogP contribution is 2.42. The fraction of sp³-hybridized carbons (Fsp3) is 0. The van der Waals surface area contributed by atoms with E-state index in [0.29, 0.717) is 0 Å². The van der Waals surface area contributed by atoms with E-state index in [2.05, 4.69) is 228 Å². The lowest BCUT2D eigenvalue weighted by Crippen LogP contribution is -1.99. The fourth-order valence-corrected chi connectivity index (χ4v) is 9.85. The summed E-state index contributed by atoms with van der Waals surface area (Å²) in [6.45, 7) is 0. The summed E-state index contributed by atoms with van der Waals surface area (Å²) in [5.41, 5.74) is 13.0. The van der Waals surface area contributed by atoms with Crippen LogP contribution in [0.5, 0.6) is 0 Å². The largest absolute Gasteiger partial charge is 0.307 e. The molecule has 3 heterocycles. The van der Waals surface area contributed by atoms with Gasteiger partial charge in [0.2, 0.25) is 0 Å². The van der Waals surface area contributed by atoms with E-state index in [-0.39, 0.29) is 0 Å². The molecule has 0 aliphatic rings. The molecule has 0 radical (unpaired) electrons. The molecule has 0 amide bonds. The Labute approximate surface area is 357 Å². The van der Waals surface area contributed by atoms with Gasteiger partial charge in [0.15, 0.2) is 0 Å². The van der Waals surface area contributed by atoms with E-state index >= 15 is 0 Å². The molecule has 0 aliphatic carbocycles. The van der Waals surface area contributed by atoms with Crippen LogP contribution in [0.15, 0.2) is 218 Å². The molecular weight excluding hydrogens is 753 g/mol. The molecule has 0 N–H and O–H groups in total. The van der Waals surface area contributed by atoms with Gasteiger partial charge in [-0.15, -0.1) is 0 Å². The van der Waals surface area contributed by atoms with Gasteiger partial charge in [-0.3, -0.25) is 4.57 Å². The van der Waals surface area contributed by atoms with Crippen molar-refractivity contribution in [1.29, 1.82) is 0 Å². The molecule has 0 saturated carbocycles. The molecule has 0 unspecified atom stereocenters. The van der Waals surface area contributed by atoms with Crippen LogP contribution in [0, 0.1) is 0 Å². The maximum absolute atomic E-state index is 5.55. The number of nitrogens with zero attached hydrogens (tertiary/aromatic N) is 4. The maximum Gasteiger partial charge on any atom is 0.145 e. The van der Waals surface area contributed by atoms with Crippen molar-refractivity contribution in [2.45, 2.75) is 0 Å². The number of para-hydroxylation sites is 3. The van der Waals surface area contributed by atoms with E-state index in [1.165, 1.54) is 37.7 Å². The minimum absolute atomic E-state index is 0.916. The number of imidazole rings is 1. The molecule has 0 fully saturated rings. The molecule has 0 aliphatic heterocycles. The van der Waals surface area contributed by atoms with Crippen molar-refractivity contribution >= 4 is 76.1 Å².